The number of aliphatic carboxylic acids is 1. The molecule has 2 N–H and O–H groups in total. The van der Waals surface area contributed by atoms with Gasteiger partial charge in [-0.3, -0.25) is 38.6 Å². The number of ketones is 1. The Morgan fingerprint density at radius 3 is 2.23 bits per heavy atom. The SMILES string of the molecule is O=C(NC1CCC(C(=O)N2C=CC=CC=C2C(Cc2ccccc2)C(=O)O)CC1=O)C(S)CCCCN1C(=O)c2ccccc2C1=O. The van der Waals surface area contributed by atoms with Gasteiger partial charge in [-0.15, -0.1) is 0 Å². The highest BCUT2D eigenvalue weighted by atomic mass is 32.1. The van der Waals surface area contributed by atoms with Gasteiger partial charge in [0, 0.05) is 30.8 Å². The average molecular weight is 656 g/mol. The van der Waals surface area contributed by atoms with Gasteiger partial charge in [0.2, 0.25) is 11.8 Å². The largest absolute Gasteiger partial charge is 0.481 e. The van der Waals surface area contributed by atoms with E-state index in [1.54, 1.807) is 48.6 Å². The second-order valence-electron chi connectivity index (χ2n) is 11.9. The zero-order valence-electron chi connectivity index (χ0n) is 25.8. The lowest BCUT2D eigenvalue weighted by atomic mass is 9.83. The van der Waals surface area contributed by atoms with E-state index >= 15 is 0 Å². The minimum absolute atomic E-state index is 0.0806. The Morgan fingerprint density at radius 1 is 0.894 bits per heavy atom. The minimum atomic E-state index is -1.06. The molecule has 47 heavy (non-hydrogen) atoms. The highest BCUT2D eigenvalue weighted by Gasteiger charge is 2.38. The molecule has 1 saturated carbocycles. The van der Waals surface area contributed by atoms with Crippen molar-refractivity contribution in [1.29, 1.82) is 0 Å². The molecule has 11 heteroatoms. The number of hydrogen-bond donors (Lipinski definition) is 3. The number of thiol groups is 1. The molecule has 2 aromatic carbocycles. The number of allylic oxidation sites excluding steroid dienone is 4. The van der Waals surface area contributed by atoms with E-state index in [2.05, 4.69) is 17.9 Å². The van der Waals surface area contributed by atoms with Crippen molar-refractivity contribution in [1.82, 2.24) is 15.1 Å². The number of imide groups is 1. The van der Waals surface area contributed by atoms with E-state index in [9.17, 15) is 33.9 Å². The molecule has 0 saturated heterocycles. The van der Waals surface area contributed by atoms with Crippen LogP contribution in [-0.2, 0) is 25.6 Å². The maximum absolute atomic E-state index is 13.7. The summed E-state index contributed by atoms with van der Waals surface area (Å²) < 4.78 is 0. The Balaban J connectivity index is 1.11. The molecule has 0 aromatic heterocycles. The van der Waals surface area contributed by atoms with Crippen LogP contribution in [0.5, 0.6) is 0 Å². The summed E-state index contributed by atoms with van der Waals surface area (Å²) in [6, 6.07) is 15.1. The minimum Gasteiger partial charge on any atom is -0.481 e. The molecular formula is C36H37N3O7S. The number of benzene rings is 2. The van der Waals surface area contributed by atoms with Crippen molar-refractivity contribution in [2.45, 2.75) is 56.2 Å². The zero-order valence-corrected chi connectivity index (χ0v) is 26.7. The smallest absolute Gasteiger partial charge is 0.312 e. The lowest BCUT2D eigenvalue weighted by Crippen LogP contribution is -2.48. The van der Waals surface area contributed by atoms with Crippen LogP contribution in [-0.4, -0.2) is 68.1 Å². The van der Waals surface area contributed by atoms with Crippen molar-refractivity contribution < 1.29 is 33.9 Å². The molecule has 0 spiro atoms. The zero-order chi connectivity index (χ0) is 33.5. The normalized spacial score (nSPS) is 20.4. The second kappa shape index (κ2) is 15.2. The number of amides is 4. The standard InChI is InChI=1S/C36H37N3O7S/c40-30-22-24(33(42)38-19-9-2-5-15-29(38)27(36(45)46)21-23-11-3-1-4-12-23)17-18-28(30)37-32(41)31(47)16-8-10-20-39-34(43)25-13-6-7-14-26(25)35(39)44/h1-7,9,11-15,19,24,27-28,31,47H,8,10,16-18,20-22H2,(H,37,41)(H,45,46). The first-order valence-corrected chi connectivity index (χ1v) is 16.3. The van der Waals surface area contributed by atoms with Crippen molar-refractivity contribution in [3.8, 4) is 0 Å². The quantitative estimate of drug-likeness (QED) is 0.176. The monoisotopic (exact) mass is 655 g/mol. The van der Waals surface area contributed by atoms with Gasteiger partial charge < -0.3 is 10.4 Å². The van der Waals surface area contributed by atoms with Gasteiger partial charge in [-0.2, -0.15) is 12.6 Å². The van der Waals surface area contributed by atoms with Gasteiger partial charge >= 0.3 is 5.97 Å². The first kappa shape index (κ1) is 33.6. The fourth-order valence-corrected chi connectivity index (χ4v) is 6.46. The van der Waals surface area contributed by atoms with Gasteiger partial charge in [0.1, 0.15) is 5.92 Å². The molecule has 4 atom stereocenters. The number of carbonyl (C=O) groups excluding carboxylic acids is 5. The van der Waals surface area contributed by atoms with Gasteiger partial charge in [-0.1, -0.05) is 61.0 Å². The molecule has 3 aliphatic rings. The van der Waals surface area contributed by atoms with Crippen LogP contribution in [0.1, 0.15) is 64.8 Å². The van der Waals surface area contributed by atoms with Crippen molar-refractivity contribution in [3.63, 3.8) is 0 Å². The van der Waals surface area contributed by atoms with Crippen LogP contribution in [0.15, 0.2) is 90.8 Å². The fraction of sp³-hybridized carbons (Fsp3) is 0.333. The maximum Gasteiger partial charge on any atom is 0.312 e. The summed E-state index contributed by atoms with van der Waals surface area (Å²) in [6.45, 7) is 0.240. The number of carboxylic acid groups (broad SMARTS) is 1. The average Bonchev–Trinajstić information content (AvgIpc) is 3.20. The lowest BCUT2D eigenvalue weighted by Gasteiger charge is -2.33. The molecular weight excluding hydrogens is 618 g/mol. The van der Waals surface area contributed by atoms with E-state index in [1.165, 1.54) is 16.0 Å². The third-order valence-corrected chi connectivity index (χ3v) is 9.27. The van der Waals surface area contributed by atoms with E-state index in [1.807, 2.05) is 30.3 Å². The molecule has 0 radical (unpaired) electrons. The van der Waals surface area contributed by atoms with Crippen LogP contribution in [0.2, 0.25) is 0 Å². The number of rotatable bonds is 12. The van der Waals surface area contributed by atoms with Crippen molar-refractivity contribution in [2.24, 2.45) is 11.8 Å². The third kappa shape index (κ3) is 7.79. The Bertz CT molecular complexity index is 1620. The van der Waals surface area contributed by atoms with E-state index in [-0.39, 0.29) is 49.3 Å². The lowest BCUT2D eigenvalue weighted by molar-refractivity contribution is -0.142. The van der Waals surface area contributed by atoms with Gasteiger partial charge in [0.15, 0.2) is 5.78 Å². The van der Waals surface area contributed by atoms with E-state index < -0.39 is 35.0 Å². The summed E-state index contributed by atoms with van der Waals surface area (Å²) in [5.74, 6) is -4.37. The first-order chi connectivity index (χ1) is 22.7. The summed E-state index contributed by atoms with van der Waals surface area (Å²) in [5, 5.41) is 12.2. The van der Waals surface area contributed by atoms with Gasteiger partial charge in [-0.05, 0) is 62.0 Å². The summed E-state index contributed by atoms with van der Waals surface area (Å²) in [5.41, 5.74) is 1.94. The Kier molecular flexibility index (Phi) is 10.9. The number of nitrogens with one attached hydrogen (secondary N) is 1. The molecule has 0 bridgehead atoms. The molecule has 1 fully saturated rings. The van der Waals surface area contributed by atoms with E-state index in [0.29, 0.717) is 42.5 Å². The second-order valence-corrected chi connectivity index (χ2v) is 12.6. The molecule has 2 aliphatic heterocycles. The van der Waals surface area contributed by atoms with E-state index in [4.69, 9.17) is 0 Å². The third-order valence-electron chi connectivity index (χ3n) is 8.77. The molecule has 2 heterocycles. The predicted molar refractivity (Wildman–Crippen MR) is 177 cm³/mol. The molecule has 244 valence electrons. The number of unbranched alkanes of at least 4 members (excludes halogenated alkanes) is 1. The van der Waals surface area contributed by atoms with Crippen LogP contribution in [0.4, 0.5) is 0 Å². The summed E-state index contributed by atoms with van der Waals surface area (Å²) >= 11 is 4.42. The molecule has 10 nitrogen and oxygen atoms in total. The predicted octanol–water partition coefficient (Wildman–Crippen LogP) is 4.34. The van der Waals surface area contributed by atoms with Gasteiger partial charge in [0.05, 0.1) is 22.4 Å². The molecule has 4 amide bonds. The Labute approximate surface area is 278 Å². The van der Waals surface area contributed by atoms with Crippen LogP contribution in [0.3, 0.4) is 0 Å². The number of carboxylic acids is 1. The van der Waals surface area contributed by atoms with Crippen molar-refractivity contribution in [2.75, 3.05) is 6.54 Å². The summed E-state index contributed by atoms with van der Waals surface area (Å²) in [4.78, 5) is 79.8. The first-order valence-electron chi connectivity index (χ1n) is 15.8. The number of hydrogen-bond acceptors (Lipinski definition) is 7. The Morgan fingerprint density at radius 2 is 1.57 bits per heavy atom. The van der Waals surface area contributed by atoms with Gasteiger partial charge in [0.25, 0.3) is 11.8 Å². The highest BCUT2D eigenvalue weighted by Crippen LogP contribution is 2.30. The topological polar surface area (TPSA) is 141 Å². The number of carbonyl (C=O) groups is 6. The molecule has 2 aromatic rings. The number of nitrogens with zero attached hydrogens (tertiary/aromatic N) is 2. The van der Waals surface area contributed by atoms with Crippen LogP contribution < -0.4 is 5.32 Å². The Hall–Kier alpha value is -4.77. The maximum atomic E-state index is 13.7. The molecule has 1 aliphatic carbocycles. The fourth-order valence-electron chi connectivity index (χ4n) is 6.20. The van der Waals surface area contributed by atoms with Crippen molar-refractivity contribution in [3.05, 3.63) is 107 Å². The van der Waals surface area contributed by atoms with Crippen LogP contribution >= 0.6 is 12.6 Å². The highest BCUT2D eigenvalue weighted by molar-refractivity contribution is 7.81. The van der Waals surface area contributed by atoms with E-state index in [0.717, 1.165) is 5.56 Å². The summed E-state index contributed by atoms with van der Waals surface area (Å²) in [7, 11) is 0. The molecule has 5 rings (SSSR count). The van der Waals surface area contributed by atoms with Crippen molar-refractivity contribution >= 4 is 48.0 Å². The summed E-state index contributed by atoms with van der Waals surface area (Å²) in [6.07, 6.45) is 10.4. The van der Waals surface area contributed by atoms with Gasteiger partial charge in [-0.25, -0.2) is 0 Å². The number of Topliss-reactive ketones (excluding diaryl/α,β-unsaturated/α-hetero) is 1. The number of fused-ring (bicyclic) bond motifs is 1. The molecule has 4 unspecified atom stereocenters. The van der Waals surface area contributed by atoms with Crippen LogP contribution in [0, 0.1) is 11.8 Å². The van der Waals surface area contributed by atoms with Crippen LogP contribution in [0.25, 0.3) is 0 Å².